The number of hydrogen-bond donors (Lipinski definition) is 1. The van der Waals surface area contributed by atoms with Crippen molar-refractivity contribution in [1.82, 2.24) is 5.32 Å². The molecule has 19 heavy (non-hydrogen) atoms. The summed E-state index contributed by atoms with van der Waals surface area (Å²) < 4.78 is 20.9. The molecule has 0 amide bonds. The molecule has 3 aliphatic rings. The van der Waals surface area contributed by atoms with E-state index in [1.807, 2.05) is 0 Å². The lowest BCUT2D eigenvalue weighted by Crippen LogP contribution is -2.46. The first-order valence-electron chi connectivity index (χ1n) is 8.28. The molecule has 3 heteroatoms. The summed E-state index contributed by atoms with van der Waals surface area (Å²) in [5.74, 6) is 0.556. The summed E-state index contributed by atoms with van der Waals surface area (Å²) in [4.78, 5) is 0. The molecule has 2 aliphatic heterocycles. The van der Waals surface area contributed by atoms with Crippen LogP contribution in [0.3, 0.4) is 0 Å². The maximum Gasteiger partial charge on any atom is 0.106 e. The molecular formula is C16H28FNO. The number of halogens is 1. The van der Waals surface area contributed by atoms with Crippen LogP contribution in [0.1, 0.15) is 57.8 Å². The second-order valence-corrected chi connectivity index (χ2v) is 6.88. The van der Waals surface area contributed by atoms with Crippen molar-refractivity contribution in [3.05, 3.63) is 0 Å². The molecule has 2 heterocycles. The van der Waals surface area contributed by atoms with Crippen LogP contribution in [-0.2, 0) is 4.74 Å². The van der Waals surface area contributed by atoms with Gasteiger partial charge in [-0.25, -0.2) is 4.39 Å². The summed E-state index contributed by atoms with van der Waals surface area (Å²) in [5.41, 5.74) is 0.0540. The van der Waals surface area contributed by atoms with E-state index in [2.05, 4.69) is 5.32 Å². The summed E-state index contributed by atoms with van der Waals surface area (Å²) in [6, 6.07) is 0. The van der Waals surface area contributed by atoms with Crippen molar-refractivity contribution < 1.29 is 9.13 Å². The molecule has 0 bridgehead atoms. The van der Waals surface area contributed by atoms with E-state index in [0.717, 1.165) is 45.4 Å². The summed E-state index contributed by atoms with van der Waals surface area (Å²) in [6.45, 7) is 2.79. The predicted molar refractivity (Wildman–Crippen MR) is 75.0 cm³/mol. The molecule has 0 aromatic heterocycles. The van der Waals surface area contributed by atoms with Crippen LogP contribution in [-0.4, -0.2) is 31.5 Å². The summed E-state index contributed by atoms with van der Waals surface area (Å²) in [6.07, 6.45) is 9.59. The van der Waals surface area contributed by atoms with Crippen LogP contribution in [0.25, 0.3) is 0 Å². The van der Waals surface area contributed by atoms with E-state index in [4.69, 9.17) is 4.74 Å². The van der Waals surface area contributed by atoms with Crippen molar-refractivity contribution in [2.24, 2.45) is 11.8 Å². The maximum absolute atomic E-state index is 14.8. The highest BCUT2D eigenvalue weighted by molar-refractivity contribution is 4.93. The third-order valence-electron chi connectivity index (χ3n) is 5.58. The van der Waals surface area contributed by atoms with Crippen molar-refractivity contribution in [1.29, 1.82) is 0 Å². The molecule has 1 aliphatic carbocycles. The number of alkyl halides is 1. The van der Waals surface area contributed by atoms with Gasteiger partial charge in [0.05, 0.1) is 5.60 Å². The van der Waals surface area contributed by atoms with Crippen LogP contribution in [0.2, 0.25) is 0 Å². The Morgan fingerprint density at radius 1 is 1.00 bits per heavy atom. The monoisotopic (exact) mass is 269 g/mol. The fourth-order valence-corrected chi connectivity index (χ4v) is 4.43. The molecular weight excluding hydrogens is 241 g/mol. The Morgan fingerprint density at radius 2 is 1.74 bits per heavy atom. The van der Waals surface area contributed by atoms with E-state index in [0.29, 0.717) is 5.92 Å². The van der Waals surface area contributed by atoms with E-state index in [-0.39, 0.29) is 11.5 Å². The minimum absolute atomic E-state index is 0.0540. The van der Waals surface area contributed by atoms with Crippen LogP contribution in [0, 0.1) is 11.8 Å². The molecule has 2 nitrogen and oxygen atoms in total. The molecule has 2 unspecified atom stereocenters. The Hall–Kier alpha value is -0.150. The zero-order valence-electron chi connectivity index (χ0n) is 12.0. The van der Waals surface area contributed by atoms with Crippen molar-refractivity contribution >= 4 is 0 Å². The fourth-order valence-electron chi connectivity index (χ4n) is 4.43. The zero-order valence-corrected chi connectivity index (χ0v) is 12.0. The van der Waals surface area contributed by atoms with Crippen LogP contribution < -0.4 is 5.32 Å². The number of ether oxygens (including phenoxy) is 1. The highest BCUT2D eigenvalue weighted by Crippen LogP contribution is 2.43. The smallest absolute Gasteiger partial charge is 0.106 e. The second kappa shape index (κ2) is 6.09. The first-order chi connectivity index (χ1) is 9.29. The first-order valence-corrected chi connectivity index (χ1v) is 8.28. The van der Waals surface area contributed by atoms with Gasteiger partial charge in [0.15, 0.2) is 0 Å². The maximum atomic E-state index is 14.8. The van der Waals surface area contributed by atoms with Crippen LogP contribution >= 0.6 is 0 Å². The molecule has 3 fully saturated rings. The molecule has 2 atom stereocenters. The Balaban J connectivity index is 1.60. The Kier molecular flexibility index (Phi) is 4.43. The van der Waals surface area contributed by atoms with Gasteiger partial charge in [0, 0.05) is 6.61 Å². The van der Waals surface area contributed by atoms with Crippen molar-refractivity contribution in [3.8, 4) is 0 Å². The van der Waals surface area contributed by atoms with Gasteiger partial charge in [-0.15, -0.1) is 0 Å². The molecule has 1 N–H and O–H groups in total. The average molecular weight is 269 g/mol. The van der Waals surface area contributed by atoms with E-state index in [9.17, 15) is 4.39 Å². The van der Waals surface area contributed by atoms with Crippen LogP contribution in [0.5, 0.6) is 0 Å². The molecule has 1 spiro atoms. The Labute approximate surface area is 116 Å². The standard InChI is InChI=1S/C16H28FNO/c17-15(13-4-9-18-10-5-13)14-6-11-19-16(12-14)7-2-1-3-8-16/h13-15,18H,1-12H2. The molecule has 2 saturated heterocycles. The number of rotatable bonds is 2. The Bertz CT molecular complexity index is 279. The quantitative estimate of drug-likeness (QED) is 0.829. The molecule has 110 valence electrons. The summed E-state index contributed by atoms with van der Waals surface area (Å²) >= 11 is 0. The second-order valence-electron chi connectivity index (χ2n) is 6.88. The third kappa shape index (κ3) is 3.13. The molecule has 3 rings (SSSR count). The SMILES string of the molecule is FC(C1CCNCC1)C1CCOC2(CCCCC2)C1. The van der Waals surface area contributed by atoms with Gasteiger partial charge in [0.25, 0.3) is 0 Å². The molecule has 0 aromatic rings. The third-order valence-corrected chi connectivity index (χ3v) is 5.58. The topological polar surface area (TPSA) is 21.3 Å². The average Bonchev–Trinajstić information content (AvgIpc) is 2.48. The largest absolute Gasteiger partial charge is 0.375 e. The van der Waals surface area contributed by atoms with Crippen molar-refractivity contribution in [2.75, 3.05) is 19.7 Å². The van der Waals surface area contributed by atoms with Crippen LogP contribution in [0.15, 0.2) is 0 Å². The van der Waals surface area contributed by atoms with E-state index in [1.165, 1.54) is 32.1 Å². The minimum atomic E-state index is -0.593. The van der Waals surface area contributed by atoms with Crippen molar-refractivity contribution in [2.45, 2.75) is 69.6 Å². The number of hydrogen-bond acceptors (Lipinski definition) is 2. The highest BCUT2D eigenvalue weighted by Gasteiger charge is 2.42. The summed E-state index contributed by atoms with van der Waals surface area (Å²) in [5, 5.41) is 3.34. The van der Waals surface area contributed by atoms with E-state index in [1.54, 1.807) is 0 Å². The van der Waals surface area contributed by atoms with Gasteiger partial charge in [-0.3, -0.25) is 0 Å². The lowest BCUT2D eigenvalue weighted by Gasteiger charge is -2.45. The molecule has 0 aromatic carbocycles. The van der Waals surface area contributed by atoms with E-state index >= 15 is 0 Å². The first kappa shape index (κ1) is 13.8. The lowest BCUT2D eigenvalue weighted by molar-refractivity contribution is -0.131. The predicted octanol–water partition coefficient (Wildman–Crippen LogP) is 3.45. The number of piperidine rings is 1. The van der Waals surface area contributed by atoms with Gasteiger partial charge in [-0.1, -0.05) is 19.3 Å². The van der Waals surface area contributed by atoms with Gasteiger partial charge in [-0.2, -0.15) is 0 Å². The fraction of sp³-hybridized carbons (Fsp3) is 1.00. The minimum Gasteiger partial charge on any atom is -0.375 e. The van der Waals surface area contributed by atoms with Gasteiger partial charge in [0.1, 0.15) is 6.17 Å². The zero-order chi connectivity index (χ0) is 13.1. The van der Waals surface area contributed by atoms with Gasteiger partial charge < -0.3 is 10.1 Å². The Morgan fingerprint density at radius 3 is 2.47 bits per heavy atom. The van der Waals surface area contributed by atoms with Crippen LogP contribution in [0.4, 0.5) is 4.39 Å². The molecule has 1 saturated carbocycles. The van der Waals surface area contributed by atoms with E-state index < -0.39 is 6.17 Å². The lowest BCUT2D eigenvalue weighted by atomic mass is 9.72. The van der Waals surface area contributed by atoms with Gasteiger partial charge >= 0.3 is 0 Å². The van der Waals surface area contributed by atoms with Gasteiger partial charge in [-0.05, 0) is 63.5 Å². The number of nitrogens with one attached hydrogen (secondary N) is 1. The normalized spacial score (nSPS) is 34.3. The highest BCUT2D eigenvalue weighted by atomic mass is 19.1. The van der Waals surface area contributed by atoms with Crippen molar-refractivity contribution in [3.63, 3.8) is 0 Å². The molecule has 0 radical (unpaired) electrons. The van der Waals surface area contributed by atoms with Gasteiger partial charge in [0.2, 0.25) is 0 Å². The summed E-state index contributed by atoms with van der Waals surface area (Å²) in [7, 11) is 0.